The molecule has 1 saturated heterocycles. The molecule has 2 aromatic heterocycles. The molecule has 3 heterocycles. The van der Waals surface area contributed by atoms with Crippen LogP contribution in [0.2, 0.25) is 0 Å². The fraction of sp³-hybridized carbons (Fsp3) is 0.500. The highest BCUT2D eigenvalue weighted by Gasteiger charge is 2.33. The summed E-state index contributed by atoms with van der Waals surface area (Å²) >= 11 is 0. The van der Waals surface area contributed by atoms with Gasteiger partial charge < -0.3 is 15.1 Å². The number of piperidine rings is 1. The van der Waals surface area contributed by atoms with Crippen molar-refractivity contribution in [3.63, 3.8) is 0 Å². The summed E-state index contributed by atoms with van der Waals surface area (Å²) in [5.41, 5.74) is -0.927. The quantitative estimate of drug-likeness (QED) is 0.890. The molecule has 1 aliphatic rings. The van der Waals surface area contributed by atoms with Crippen LogP contribution in [-0.2, 0) is 6.18 Å². The van der Waals surface area contributed by atoms with Gasteiger partial charge in [-0.3, -0.25) is 0 Å². The van der Waals surface area contributed by atoms with Crippen LogP contribution >= 0.6 is 0 Å². The summed E-state index contributed by atoms with van der Waals surface area (Å²) < 4.78 is 38.6. The summed E-state index contributed by atoms with van der Waals surface area (Å²) in [5.74, 6) is 1.56. The van der Waals surface area contributed by atoms with Gasteiger partial charge >= 0.3 is 6.18 Å². The Labute approximate surface area is 149 Å². The van der Waals surface area contributed by atoms with Gasteiger partial charge in [0.15, 0.2) is 0 Å². The molecule has 0 aliphatic carbocycles. The molecular weight excluding hydrogens is 347 g/mol. The number of aromatic nitrogens is 4. The van der Waals surface area contributed by atoms with Crippen molar-refractivity contribution in [2.45, 2.75) is 25.1 Å². The molecule has 3 rings (SSSR count). The van der Waals surface area contributed by atoms with Crippen LogP contribution in [0.4, 0.5) is 30.8 Å². The van der Waals surface area contributed by atoms with E-state index in [1.165, 1.54) is 6.33 Å². The predicted molar refractivity (Wildman–Crippen MR) is 92.3 cm³/mol. The van der Waals surface area contributed by atoms with E-state index >= 15 is 0 Å². The number of hydrogen-bond acceptors (Lipinski definition) is 7. The first-order chi connectivity index (χ1) is 12.3. The van der Waals surface area contributed by atoms with E-state index in [1.54, 1.807) is 4.90 Å². The van der Waals surface area contributed by atoms with E-state index in [4.69, 9.17) is 0 Å². The molecule has 26 heavy (non-hydrogen) atoms. The average Bonchev–Trinajstić information content (AvgIpc) is 2.61. The van der Waals surface area contributed by atoms with Gasteiger partial charge in [0.2, 0.25) is 5.95 Å². The summed E-state index contributed by atoms with van der Waals surface area (Å²) in [6.45, 7) is 1.12. The van der Waals surface area contributed by atoms with E-state index in [9.17, 15) is 13.2 Å². The summed E-state index contributed by atoms with van der Waals surface area (Å²) in [4.78, 5) is 19.7. The lowest BCUT2D eigenvalue weighted by atomic mass is 10.1. The third-order valence-electron chi connectivity index (χ3n) is 4.10. The van der Waals surface area contributed by atoms with Gasteiger partial charge in [-0.25, -0.2) is 19.9 Å². The molecule has 7 nitrogen and oxygen atoms in total. The molecule has 1 atom stereocenters. The van der Waals surface area contributed by atoms with Gasteiger partial charge in [0.05, 0.1) is 0 Å². The molecule has 0 radical (unpaired) electrons. The number of hydrogen-bond donors (Lipinski definition) is 1. The average molecular weight is 367 g/mol. The summed E-state index contributed by atoms with van der Waals surface area (Å²) in [6, 6.07) is 2.75. The van der Waals surface area contributed by atoms with Crippen molar-refractivity contribution in [3.05, 3.63) is 30.4 Å². The van der Waals surface area contributed by atoms with E-state index < -0.39 is 11.9 Å². The molecule has 2 aromatic rings. The van der Waals surface area contributed by atoms with Gasteiger partial charge in [0.1, 0.15) is 23.7 Å². The molecule has 0 spiro atoms. The molecule has 1 aliphatic heterocycles. The highest BCUT2D eigenvalue weighted by atomic mass is 19.4. The highest BCUT2D eigenvalue weighted by Crippen LogP contribution is 2.28. The second-order valence-corrected chi connectivity index (χ2v) is 6.33. The topological polar surface area (TPSA) is 70.1 Å². The van der Waals surface area contributed by atoms with Crippen LogP contribution in [0.15, 0.2) is 24.7 Å². The van der Waals surface area contributed by atoms with Crippen molar-refractivity contribution in [1.82, 2.24) is 19.9 Å². The van der Waals surface area contributed by atoms with Gasteiger partial charge in [0.25, 0.3) is 0 Å². The summed E-state index contributed by atoms with van der Waals surface area (Å²) in [6.07, 6.45) is -0.140. The zero-order valence-electron chi connectivity index (χ0n) is 14.5. The van der Waals surface area contributed by atoms with Gasteiger partial charge in [-0.2, -0.15) is 13.2 Å². The lowest BCUT2D eigenvalue weighted by Gasteiger charge is -2.33. The molecule has 0 aromatic carbocycles. The maximum Gasteiger partial charge on any atom is 0.433 e. The Morgan fingerprint density at radius 1 is 1.23 bits per heavy atom. The molecule has 0 bridgehead atoms. The Morgan fingerprint density at radius 2 is 2.04 bits per heavy atom. The smallest absolute Gasteiger partial charge is 0.365 e. The molecule has 1 N–H and O–H groups in total. The standard InChI is InChI=1S/C16H20F3N7/c1-25(2)14-8-13(21-10-22-14)23-11-4-3-7-26(9-11)15-20-6-5-12(24-15)16(17,18)19/h5-6,8,10-11H,3-4,7,9H2,1-2H3,(H,21,22,23). The number of halogens is 3. The van der Waals surface area contributed by atoms with Gasteiger partial charge in [-0.15, -0.1) is 0 Å². The SMILES string of the molecule is CN(C)c1cc(NC2CCCN(c3nccc(C(F)(F)F)n3)C2)ncn1. The van der Waals surface area contributed by atoms with Crippen molar-refractivity contribution >= 4 is 17.6 Å². The van der Waals surface area contributed by atoms with Crippen LogP contribution in [0.1, 0.15) is 18.5 Å². The van der Waals surface area contributed by atoms with Crippen molar-refractivity contribution in [1.29, 1.82) is 0 Å². The first-order valence-corrected chi connectivity index (χ1v) is 8.24. The molecule has 1 fully saturated rings. The first-order valence-electron chi connectivity index (χ1n) is 8.24. The number of rotatable bonds is 4. The van der Waals surface area contributed by atoms with Gasteiger partial charge in [-0.1, -0.05) is 0 Å². The number of nitrogens with one attached hydrogen (secondary N) is 1. The fourth-order valence-electron chi connectivity index (χ4n) is 2.81. The Balaban J connectivity index is 1.71. The molecule has 10 heteroatoms. The summed E-state index contributed by atoms with van der Waals surface area (Å²) in [7, 11) is 3.78. The van der Waals surface area contributed by atoms with Crippen LogP contribution in [0.5, 0.6) is 0 Å². The normalized spacial score (nSPS) is 17.9. The lowest BCUT2D eigenvalue weighted by molar-refractivity contribution is -0.141. The van der Waals surface area contributed by atoms with Crippen LogP contribution in [0.3, 0.4) is 0 Å². The maximum atomic E-state index is 12.9. The van der Waals surface area contributed by atoms with E-state index in [-0.39, 0.29) is 12.0 Å². The number of nitrogens with zero attached hydrogens (tertiary/aromatic N) is 6. The van der Waals surface area contributed by atoms with Crippen LogP contribution in [-0.4, -0.2) is 53.2 Å². The van der Waals surface area contributed by atoms with Gasteiger partial charge in [0, 0.05) is 45.5 Å². The Morgan fingerprint density at radius 3 is 2.77 bits per heavy atom. The van der Waals surface area contributed by atoms with Crippen molar-refractivity contribution in [2.24, 2.45) is 0 Å². The largest absolute Gasteiger partial charge is 0.433 e. The predicted octanol–water partition coefficient (Wildman–Crippen LogP) is 2.43. The zero-order chi connectivity index (χ0) is 18.7. The molecule has 1 unspecified atom stereocenters. The maximum absolute atomic E-state index is 12.9. The van der Waals surface area contributed by atoms with E-state index in [2.05, 4.69) is 25.3 Å². The second-order valence-electron chi connectivity index (χ2n) is 6.33. The van der Waals surface area contributed by atoms with Crippen LogP contribution in [0.25, 0.3) is 0 Å². The Bertz CT molecular complexity index is 751. The van der Waals surface area contributed by atoms with Crippen LogP contribution in [0, 0.1) is 0 Å². The minimum Gasteiger partial charge on any atom is -0.365 e. The molecule has 0 amide bonds. The van der Waals surface area contributed by atoms with E-state index in [0.29, 0.717) is 18.9 Å². The van der Waals surface area contributed by atoms with Crippen molar-refractivity contribution < 1.29 is 13.2 Å². The molecular formula is C16H20F3N7. The Hall–Kier alpha value is -2.65. The highest BCUT2D eigenvalue weighted by molar-refractivity contribution is 5.48. The van der Waals surface area contributed by atoms with E-state index in [1.807, 2.05) is 25.1 Å². The van der Waals surface area contributed by atoms with Gasteiger partial charge in [-0.05, 0) is 18.9 Å². The van der Waals surface area contributed by atoms with Crippen LogP contribution < -0.4 is 15.1 Å². The minimum atomic E-state index is -4.48. The third-order valence-corrected chi connectivity index (χ3v) is 4.10. The monoisotopic (exact) mass is 367 g/mol. The van der Waals surface area contributed by atoms with E-state index in [0.717, 1.165) is 30.9 Å². The first kappa shape index (κ1) is 18.2. The number of alkyl halides is 3. The third kappa shape index (κ3) is 4.30. The number of anilines is 3. The molecule has 140 valence electrons. The lowest BCUT2D eigenvalue weighted by Crippen LogP contribution is -2.43. The second kappa shape index (κ2) is 7.30. The van der Waals surface area contributed by atoms with Crippen molar-refractivity contribution in [3.8, 4) is 0 Å². The summed E-state index contributed by atoms with van der Waals surface area (Å²) in [5, 5.41) is 3.32. The fourth-order valence-corrected chi connectivity index (χ4v) is 2.81. The Kier molecular flexibility index (Phi) is 5.10. The van der Waals surface area contributed by atoms with Crippen molar-refractivity contribution in [2.75, 3.05) is 42.3 Å². The zero-order valence-corrected chi connectivity index (χ0v) is 14.5. The minimum absolute atomic E-state index is 0.0341. The molecule has 0 saturated carbocycles.